The number of fused-ring (bicyclic) bond motifs is 1. The Bertz CT molecular complexity index is 1500. The Morgan fingerprint density at radius 2 is 1.83 bits per heavy atom. The summed E-state index contributed by atoms with van der Waals surface area (Å²) in [4.78, 5) is 0.0499. The van der Waals surface area contributed by atoms with Gasteiger partial charge >= 0.3 is 6.18 Å². The van der Waals surface area contributed by atoms with Crippen molar-refractivity contribution in [1.29, 1.82) is 0 Å². The molecule has 0 saturated carbocycles. The number of halogens is 4. The lowest BCUT2D eigenvalue weighted by atomic mass is 10.1. The van der Waals surface area contributed by atoms with Gasteiger partial charge in [0.25, 0.3) is 10.0 Å². The fraction of sp³-hybridized carbons (Fsp3) is 0.167. The van der Waals surface area contributed by atoms with E-state index in [1.54, 1.807) is 43.6 Å². The minimum Gasteiger partial charge on any atom is -0.497 e. The molecule has 0 atom stereocenters. The topological polar surface area (TPSA) is 72.4 Å². The normalized spacial score (nSPS) is 12.2. The first-order chi connectivity index (χ1) is 16.5. The van der Waals surface area contributed by atoms with Crippen molar-refractivity contribution in [3.05, 3.63) is 83.0 Å². The van der Waals surface area contributed by atoms with Gasteiger partial charge in [0.1, 0.15) is 5.75 Å². The van der Waals surface area contributed by atoms with Crippen LogP contribution in [0.15, 0.2) is 71.8 Å². The molecule has 0 aliphatic carbocycles. The highest BCUT2D eigenvalue weighted by molar-refractivity contribution is 7.90. The van der Waals surface area contributed by atoms with Crippen molar-refractivity contribution in [2.24, 2.45) is 0 Å². The molecule has 0 radical (unpaired) electrons. The summed E-state index contributed by atoms with van der Waals surface area (Å²) in [7, 11) is -0.783. The molecule has 4 aromatic rings. The summed E-state index contributed by atoms with van der Waals surface area (Å²) in [6.45, 7) is 0.425. The Morgan fingerprint density at radius 1 is 1.06 bits per heavy atom. The first-order valence-electron chi connectivity index (χ1n) is 10.4. The van der Waals surface area contributed by atoms with Gasteiger partial charge in [-0.15, -0.1) is 0 Å². The van der Waals surface area contributed by atoms with Gasteiger partial charge in [-0.05, 0) is 55.1 Å². The first kappa shape index (κ1) is 24.9. The molecule has 35 heavy (non-hydrogen) atoms. The number of ether oxygens (including phenoxy) is 1. The molecule has 0 bridgehead atoms. The van der Waals surface area contributed by atoms with Gasteiger partial charge < -0.3 is 15.4 Å². The molecule has 0 spiro atoms. The summed E-state index contributed by atoms with van der Waals surface area (Å²) >= 11 is 6.08. The minimum atomic E-state index is -4.51. The Kier molecular flexibility index (Phi) is 6.72. The molecule has 0 saturated heterocycles. The molecule has 6 nitrogen and oxygen atoms in total. The average Bonchev–Trinajstić information content (AvgIpc) is 3.18. The molecule has 0 amide bonds. The molecule has 0 fully saturated rings. The smallest absolute Gasteiger partial charge is 0.416 e. The second-order valence-corrected chi connectivity index (χ2v) is 9.94. The van der Waals surface area contributed by atoms with Gasteiger partial charge in [-0.25, -0.2) is 12.4 Å². The van der Waals surface area contributed by atoms with Crippen LogP contribution in [0.5, 0.6) is 5.75 Å². The Hall–Kier alpha value is -3.21. The van der Waals surface area contributed by atoms with Crippen LogP contribution in [0.4, 0.5) is 24.5 Å². The second kappa shape index (κ2) is 9.44. The van der Waals surface area contributed by atoms with E-state index in [0.29, 0.717) is 28.9 Å². The Morgan fingerprint density at radius 3 is 2.49 bits per heavy atom. The SMILES string of the molecule is CNCc1cn(S(=O)(=O)c2cccc(OC)c2)c2cc(Nc3ccc(C(F)(F)F)cc3Cl)ccc12. The van der Waals surface area contributed by atoms with Gasteiger partial charge in [-0.2, -0.15) is 13.2 Å². The number of benzene rings is 3. The summed E-state index contributed by atoms with van der Waals surface area (Å²) in [6, 6.07) is 14.2. The van der Waals surface area contributed by atoms with Gasteiger partial charge in [0.05, 0.1) is 33.8 Å². The summed E-state index contributed by atoms with van der Waals surface area (Å²) in [5.41, 5.74) is 0.997. The van der Waals surface area contributed by atoms with Crippen LogP contribution in [0, 0.1) is 0 Å². The average molecular weight is 524 g/mol. The van der Waals surface area contributed by atoms with Crippen molar-refractivity contribution in [2.45, 2.75) is 17.6 Å². The molecular weight excluding hydrogens is 503 g/mol. The number of methoxy groups -OCH3 is 1. The number of anilines is 2. The van der Waals surface area contributed by atoms with E-state index >= 15 is 0 Å². The van der Waals surface area contributed by atoms with E-state index < -0.39 is 21.8 Å². The van der Waals surface area contributed by atoms with Gasteiger partial charge in [-0.1, -0.05) is 23.7 Å². The first-order valence-corrected chi connectivity index (χ1v) is 12.2. The quantitative estimate of drug-likeness (QED) is 0.310. The van der Waals surface area contributed by atoms with Crippen molar-refractivity contribution in [1.82, 2.24) is 9.29 Å². The molecule has 11 heteroatoms. The zero-order valence-corrected chi connectivity index (χ0v) is 20.2. The summed E-state index contributed by atoms with van der Waals surface area (Å²) in [5.74, 6) is 0.400. The molecule has 1 heterocycles. The number of hydrogen-bond acceptors (Lipinski definition) is 5. The molecule has 0 aliphatic heterocycles. The zero-order valence-electron chi connectivity index (χ0n) is 18.7. The highest BCUT2D eigenvalue weighted by atomic mass is 35.5. The van der Waals surface area contributed by atoms with Crippen LogP contribution >= 0.6 is 11.6 Å². The number of alkyl halides is 3. The largest absolute Gasteiger partial charge is 0.497 e. The number of nitrogens with one attached hydrogen (secondary N) is 2. The zero-order chi connectivity index (χ0) is 25.4. The predicted octanol–water partition coefficient (Wildman–Crippen LogP) is 6.02. The number of hydrogen-bond donors (Lipinski definition) is 2. The van der Waals surface area contributed by atoms with Crippen LogP contribution in [0.3, 0.4) is 0 Å². The minimum absolute atomic E-state index is 0.0499. The highest BCUT2D eigenvalue weighted by Gasteiger charge is 2.31. The van der Waals surface area contributed by atoms with Gasteiger partial charge in [-0.3, -0.25) is 0 Å². The lowest BCUT2D eigenvalue weighted by Gasteiger charge is -2.13. The van der Waals surface area contributed by atoms with Gasteiger partial charge in [0.15, 0.2) is 0 Å². The van der Waals surface area contributed by atoms with Crippen molar-refractivity contribution in [2.75, 3.05) is 19.5 Å². The van der Waals surface area contributed by atoms with E-state index in [4.69, 9.17) is 16.3 Å². The standard InChI is InChI=1S/C24H21ClF3N3O3S/c1-29-13-15-14-31(35(32,33)19-5-3-4-18(12-19)34-2)23-11-17(7-8-20(15)23)30-22-9-6-16(10-21(22)25)24(26,27)28/h3-12,14,29-30H,13H2,1-2H3. The number of nitrogens with zero attached hydrogens (tertiary/aromatic N) is 1. The van der Waals surface area contributed by atoms with Crippen LogP contribution in [-0.2, 0) is 22.7 Å². The molecule has 0 unspecified atom stereocenters. The maximum absolute atomic E-state index is 13.5. The summed E-state index contributed by atoms with van der Waals surface area (Å²) in [5, 5.41) is 6.59. The maximum atomic E-state index is 13.5. The number of rotatable bonds is 7. The van der Waals surface area contributed by atoms with E-state index in [-0.39, 0.29) is 15.6 Å². The van der Waals surface area contributed by atoms with Crippen LogP contribution in [0.25, 0.3) is 10.9 Å². The van der Waals surface area contributed by atoms with Crippen molar-refractivity contribution >= 4 is 43.9 Å². The van der Waals surface area contributed by atoms with Crippen molar-refractivity contribution < 1.29 is 26.3 Å². The molecule has 2 N–H and O–H groups in total. The molecule has 1 aromatic heterocycles. The molecular formula is C24H21ClF3N3O3S. The van der Waals surface area contributed by atoms with E-state index in [0.717, 1.165) is 17.7 Å². The van der Waals surface area contributed by atoms with E-state index in [2.05, 4.69) is 10.6 Å². The van der Waals surface area contributed by atoms with Gasteiger partial charge in [0.2, 0.25) is 0 Å². The fourth-order valence-electron chi connectivity index (χ4n) is 3.70. The third-order valence-corrected chi connectivity index (χ3v) is 7.38. The Balaban J connectivity index is 1.80. The molecule has 184 valence electrons. The summed E-state index contributed by atoms with van der Waals surface area (Å²) < 4.78 is 72.3. The summed E-state index contributed by atoms with van der Waals surface area (Å²) in [6.07, 6.45) is -2.97. The van der Waals surface area contributed by atoms with Crippen LogP contribution in [-0.4, -0.2) is 26.5 Å². The van der Waals surface area contributed by atoms with Gasteiger partial charge in [0, 0.05) is 29.9 Å². The third-order valence-electron chi connectivity index (χ3n) is 5.39. The fourth-order valence-corrected chi connectivity index (χ4v) is 5.34. The molecule has 4 rings (SSSR count). The van der Waals surface area contributed by atoms with E-state index in [9.17, 15) is 21.6 Å². The maximum Gasteiger partial charge on any atom is 0.416 e. The van der Waals surface area contributed by atoms with Crippen molar-refractivity contribution in [3.8, 4) is 5.75 Å². The Labute approximate surface area is 205 Å². The molecule has 0 aliphatic rings. The number of aromatic nitrogens is 1. The third kappa shape index (κ3) is 4.95. The predicted molar refractivity (Wildman–Crippen MR) is 130 cm³/mol. The van der Waals surface area contributed by atoms with E-state index in [1.807, 2.05) is 0 Å². The molecule has 3 aromatic carbocycles. The monoisotopic (exact) mass is 523 g/mol. The lowest BCUT2D eigenvalue weighted by Crippen LogP contribution is -2.12. The van der Waals surface area contributed by atoms with Crippen LogP contribution in [0.2, 0.25) is 5.02 Å². The lowest BCUT2D eigenvalue weighted by molar-refractivity contribution is -0.137. The van der Waals surface area contributed by atoms with Crippen molar-refractivity contribution in [3.63, 3.8) is 0 Å². The second-order valence-electron chi connectivity index (χ2n) is 7.71. The van der Waals surface area contributed by atoms with Crippen LogP contribution in [0.1, 0.15) is 11.1 Å². The van der Waals surface area contributed by atoms with Crippen LogP contribution < -0.4 is 15.4 Å². The highest BCUT2D eigenvalue weighted by Crippen LogP contribution is 2.36. The van der Waals surface area contributed by atoms with E-state index in [1.165, 1.54) is 29.3 Å².